The molecular weight excluding hydrogens is 235 g/mol. The van der Waals surface area contributed by atoms with Gasteiger partial charge in [-0.2, -0.15) is 0 Å². The molecule has 1 rings (SSSR count). The third-order valence-electron chi connectivity index (χ3n) is 3.27. The number of carbonyl (C=O) groups is 1. The van der Waals surface area contributed by atoms with Crippen LogP contribution in [0.2, 0.25) is 0 Å². The molecule has 18 heavy (non-hydrogen) atoms. The molecule has 0 radical (unpaired) electrons. The highest BCUT2D eigenvalue weighted by atomic mass is 19.1. The van der Waals surface area contributed by atoms with E-state index in [-0.39, 0.29) is 18.0 Å². The Balaban J connectivity index is 2.85. The van der Waals surface area contributed by atoms with E-state index in [1.807, 2.05) is 0 Å². The lowest BCUT2D eigenvalue weighted by Crippen LogP contribution is -2.38. The first-order valence-electron chi connectivity index (χ1n) is 6.05. The Kier molecular flexibility index (Phi) is 4.84. The van der Waals surface area contributed by atoms with Crippen LogP contribution in [0, 0.1) is 5.82 Å². The van der Waals surface area contributed by atoms with Gasteiger partial charge in [-0.05, 0) is 30.5 Å². The second-order valence-electron chi connectivity index (χ2n) is 4.31. The lowest BCUT2D eigenvalue weighted by molar-refractivity contribution is -0.137. The van der Waals surface area contributed by atoms with Gasteiger partial charge >= 0.3 is 0 Å². The van der Waals surface area contributed by atoms with Crippen molar-refractivity contribution in [2.24, 2.45) is 0 Å². The number of carbonyl (C=O) groups excluding carboxylic acids is 1. The van der Waals surface area contributed by atoms with Crippen LogP contribution in [0.5, 0.6) is 5.75 Å². The van der Waals surface area contributed by atoms with Gasteiger partial charge in [0.05, 0.1) is 7.11 Å². The van der Waals surface area contributed by atoms with Crippen molar-refractivity contribution in [3.8, 4) is 5.75 Å². The fourth-order valence-corrected chi connectivity index (χ4v) is 1.81. The van der Waals surface area contributed by atoms with Crippen LogP contribution in [0.1, 0.15) is 32.3 Å². The van der Waals surface area contributed by atoms with Crippen LogP contribution in [-0.2, 0) is 11.2 Å². The number of hydrogen-bond donors (Lipinski definition) is 1. The SMILES string of the molecule is CCC(O)(CC)C(=O)Cc1ccc(OC)c(F)c1. The molecule has 0 spiro atoms. The van der Waals surface area contributed by atoms with E-state index >= 15 is 0 Å². The predicted octanol–water partition coefficient (Wildman–Crippen LogP) is 2.50. The molecule has 0 aliphatic carbocycles. The molecule has 0 bridgehead atoms. The molecule has 0 amide bonds. The topological polar surface area (TPSA) is 46.5 Å². The normalized spacial score (nSPS) is 11.4. The number of Topliss-reactive ketones (excluding diaryl/α,β-unsaturated/α-hetero) is 1. The number of hydrogen-bond acceptors (Lipinski definition) is 3. The van der Waals surface area contributed by atoms with Crippen LogP contribution in [-0.4, -0.2) is 23.6 Å². The van der Waals surface area contributed by atoms with Gasteiger partial charge < -0.3 is 9.84 Å². The van der Waals surface area contributed by atoms with Crippen LogP contribution in [0.4, 0.5) is 4.39 Å². The average molecular weight is 254 g/mol. The van der Waals surface area contributed by atoms with Crippen LogP contribution >= 0.6 is 0 Å². The average Bonchev–Trinajstić information content (AvgIpc) is 2.38. The maximum Gasteiger partial charge on any atom is 0.168 e. The molecule has 0 heterocycles. The van der Waals surface area contributed by atoms with Gasteiger partial charge in [-0.15, -0.1) is 0 Å². The number of ether oxygens (including phenoxy) is 1. The quantitative estimate of drug-likeness (QED) is 0.848. The smallest absolute Gasteiger partial charge is 0.168 e. The first-order chi connectivity index (χ1) is 8.46. The Bertz CT molecular complexity index is 425. The highest BCUT2D eigenvalue weighted by molar-refractivity contribution is 5.88. The van der Waals surface area contributed by atoms with Crippen LogP contribution < -0.4 is 4.74 Å². The van der Waals surface area contributed by atoms with E-state index in [1.54, 1.807) is 19.9 Å². The molecule has 3 nitrogen and oxygen atoms in total. The van der Waals surface area contributed by atoms with Gasteiger partial charge in [0.1, 0.15) is 5.60 Å². The van der Waals surface area contributed by atoms with Gasteiger partial charge in [-0.1, -0.05) is 19.9 Å². The highest BCUT2D eigenvalue weighted by Gasteiger charge is 2.31. The Morgan fingerprint density at radius 2 is 2.00 bits per heavy atom. The fourth-order valence-electron chi connectivity index (χ4n) is 1.81. The first-order valence-corrected chi connectivity index (χ1v) is 6.05. The summed E-state index contributed by atoms with van der Waals surface area (Å²) in [6, 6.07) is 4.38. The van der Waals surface area contributed by atoms with E-state index in [0.29, 0.717) is 18.4 Å². The largest absolute Gasteiger partial charge is 0.494 e. The van der Waals surface area contributed by atoms with Gasteiger partial charge in [0.15, 0.2) is 17.3 Å². The number of aliphatic hydroxyl groups is 1. The van der Waals surface area contributed by atoms with Crippen molar-refractivity contribution in [1.29, 1.82) is 0 Å². The molecule has 0 saturated heterocycles. The summed E-state index contributed by atoms with van der Waals surface area (Å²) in [5.41, 5.74) is -0.769. The summed E-state index contributed by atoms with van der Waals surface area (Å²) in [6.07, 6.45) is 0.751. The van der Waals surface area contributed by atoms with Crippen molar-refractivity contribution in [2.75, 3.05) is 7.11 Å². The molecule has 0 unspecified atom stereocenters. The van der Waals surface area contributed by atoms with Gasteiger partial charge in [-0.25, -0.2) is 4.39 Å². The minimum absolute atomic E-state index is 0.0269. The van der Waals surface area contributed by atoms with E-state index in [2.05, 4.69) is 0 Å². The van der Waals surface area contributed by atoms with Gasteiger partial charge in [0, 0.05) is 6.42 Å². The van der Waals surface area contributed by atoms with Crippen LogP contribution in [0.15, 0.2) is 18.2 Å². The Labute approximate surface area is 107 Å². The number of benzene rings is 1. The van der Waals surface area contributed by atoms with Crippen molar-refractivity contribution in [3.63, 3.8) is 0 Å². The van der Waals surface area contributed by atoms with Crippen LogP contribution in [0.25, 0.3) is 0 Å². The zero-order valence-electron chi connectivity index (χ0n) is 11.0. The summed E-state index contributed by atoms with van der Waals surface area (Å²) in [6.45, 7) is 3.52. The molecule has 100 valence electrons. The first kappa shape index (κ1) is 14.6. The molecule has 0 atom stereocenters. The molecular formula is C14H19FO3. The summed E-state index contributed by atoms with van der Waals surface area (Å²) < 4.78 is 18.3. The molecule has 4 heteroatoms. The summed E-state index contributed by atoms with van der Waals surface area (Å²) in [5, 5.41) is 10.1. The summed E-state index contributed by atoms with van der Waals surface area (Å²) >= 11 is 0. The summed E-state index contributed by atoms with van der Waals surface area (Å²) in [5.74, 6) is -0.635. The minimum atomic E-state index is -1.31. The Hall–Kier alpha value is -1.42. The van der Waals surface area contributed by atoms with E-state index in [0.717, 1.165) is 0 Å². The summed E-state index contributed by atoms with van der Waals surface area (Å²) in [4.78, 5) is 12.0. The van der Waals surface area contributed by atoms with E-state index in [1.165, 1.54) is 19.2 Å². The lowest BCUT2D eigenvalue weighted by atomic mass is 9.88. The molecule has 0 aliphatic rings. The molecule has 0 aromatic heterocycles. The second kappa shape index (κ2) is 5.96. The summed E-state index contributed by atoms with van der Waals surface area (Å²) in [7, 11) is 1.39. The predicted molar refractivity (Wildman–Crippen MR) is 67.2 cm³/mol. The van der Waals surface area contributed by atoms with Crippen molar-refractivity contribution in [3.05, 3.63) is 29.6 Å². The standard InChI is InChI=1S/C14H19FO3/c1-4-14(17,5-2)13(16)9-10-6-7-12(18-3)11(15)8-10/h6-8,17H,4-5,9H2,1-3H3. The Morgan fingerprint density at radius 3 is 2.44 bits per heavy atom. The van der Waals surface area contributed by atoms with Crippen LogP contribution in [0.3, 0.4) is 0 Å². The van der Waals surface area contributed by atoms with Crippen molar-refractivity contribution >= 4 is 5.78 Å². The molecule has 0 saturated carbocycles. The third-order valence-corrected chi connectivity index (χ3v) is 3.27. The van der Waals surface area contributed by atoms with Crippen molar-refractivity contribution in [1.82, 2.24) is 0 Å². The molecule has 1 aromatic rings. The Morgan fingerprint density at radius 1 is 1.39 bits per heavy atom. The van der Waals surface area contributed by atoms with Crippen molar-refractivity contribution in [2.45, 2.75) is 38.7 Å². The van der Waals surface area contributed by atoms with Gasteiger partial charge in [0.2, 0.25) is 0 Å². The second-order valence-corrected chi connectivity index (χ2v) is 4.31. The van der Waals surface area contributed by atoms with Gasteiger partial charge in [0.25, 0.3) is 0 Å². The third kappa shape index (κ3) is 3.07. The zero-order valence-corrected chi connectivity index (χ0v) is 11.0. The van der Waals surface area contributed by atoms with Gasteiger partial charge in [-0.3, -0.25) is 4.79 Å². The maximum absolute atomic E-state index is 13.5. The highest BCUT2D eigenvalue weighted by Crippen LogP contribution is 2.22. The van der Waals surface area contributed by atoms with E-state index < -0.39 is 11.4 Å². The molecule has 1 N–H and O–H groups in total. The monoisotopic (exact) mass is 254 g/mol. The number of rotatable bonds is 6. The number of halogens is 1. The lowest BCUT2D eigenvalue weighted by Gasteiger charge is -2.23. The van der Waals surface area contributed by atoms with Crippen molar-refractivity contribution < 1.29 is 19.0 Å². The van der Waals surface area contributed by atoms with E-state index in [4.69, 9.17) is 4.74 Å². The fraction of sp³-hybridized carbons (Fsp3) is 0.500. The van der Waals surface area contributed by atoms with E-state index in [9.17, 15) is 14.3 Å². The molecule has 0 aliphatic heterocycles. The maximum atomic E-state index is 13.5. The zero-order chi connectivity index (χ0) is 13.8. The number of methoxy groups -OCH3 is 1. The molecule has 0 fully saturated rings. The molecule has 1 aromatic carbocycles. The minimum Gasteiger partial charge on any atom is -0.494 e. The number of ketones is 1.